The largest absolute Gasteiger partial charge is 0.493 e. The second kappa shape index (κ2) is 8.09. The van der Waals surface area contributed by atoms with Gasteiger partial charge in [0.1, 0.15) is 12.4 Å². The second-order valence-electron chi connectivity index (χ2n) is 4.62. The number of halogens is 1. The van der Waals surface area contributed by atoms with Gasteiger partial charge in [-0.05, 0) is 30.7 Å². The molecule has 1 heterocycles. The Bertz CT molecular complexity index is 805. The predicted molar refractivity (Wildman–Crippen MR) is 90.8 cm³/mol. The van der Waals surface area contributed by atoms with E-state index in [1.165, 1.54) is 19.6 Å². The highest BCUT2D eigenvalue weighted by atomic mass is 35.5. The Morgan fingerprint density at radius 2 is 2.33 bits per heavy atom. The third-order valence-electron chi connectivity index (χ3n) is 3.03. The van der Waals surface area contributed by atoms with E-state index in [4.69, 9.17) is 31.9 Å². The van der Waals surface area contributed by atoms with Crippen LogP contribution in [-0.4, -0.2) is 25.8 Å². The maximum Gasteiger partial charge on any atom is 0.274 e. The average Bonchev–Trinajstić information content (AvgIpc) is 2.99. The molecule has 0 radical (unpaired) electrons. The summed E-state index contributed by atoms with van der Waals surface area (Å²) in [5.41, 5.74) is 3.45. The van der Waals surface area contributed by atoms with Crippen molar-refractivity contribution >= 4 is 23.7 Å². The van der Waals surface area contributed by atoms with Crippen LogP contribution < -0.4 is 14.9 Å². The van der Waals surface area contributed by atoms with Crippen molar-refractivity contribution in [3.8, 4) is 23.8 Å². The fourth-order valence-electron chi connectivity index (χ4n) is 1.91. The highest BCUT2D eigenvalue weighted by Gasteiger charge is 2.12. The molecule has 124 valence electrons. The Labute approximate surface area is 144 Å². The molecule has 1 aromatic heterocycles. The molecule has 0 spiro atoms. The van der Waals surface area contributed by atoms with Gasteiger partial charge in [0.05, 0.1) is 30.2 Å². The minimum absolute atomic E-state index is 0.0730. The van der Waals surface area contributed by atoms with Crippen molar-refractivity contribution in [1.29, 1.82) is 0 Å². The minimum atomic E-state index is -0.371. The topological polar surface area (TPSA) is 73.1 Å². The summed E-state index contributed by atoms with van der Waals surface area (Å²) in [5.74, 6) is 3.27. The Hall–Kier alpha value is -2.91. The summed E-state index contributed by atoms with van der Waals surface area (Å²) in [6, 6.07) is 4.85. The first kappa shape index (κ1) is 17.4. The van der Waals surface area contributed by atoms with E-state index < -0.39 is 0 Å². The third kappa shape index (κ3) is 4.09. The first-order chi connectivity index (χ1) is 11.6. The summed E-state index contributed by atoms with van der Waals surface area (Å²) in [6.07, 6.45) is 8.04. The summed E-state index contributed by atoms with van der Waals surface area (Å²) in [6.45, 7) is 1.77. The SMILES string of the molecule is C#CCOc1c(Cl)cc(/C=N\NC(=O)c2ccoc2C)cc1OC. The van der Waals surface area contributed by atoms with Crippen molar-refractivity contribution in [2.24, 2.45) is 5.10 Å². The fourth-order valence-corrected chi connectivity index (χ4v) is 2.19. The van der Waals surface area contributed by atoms with E-state index in [0.29, 0.717) is 33.4 Å². The maximum absolute atomic E-state index is 11.9. The van der Waals surface area contributed by atoms with Crippen molar-refractivity contribution in [3.63, 3.8) is 0 Å². The van der Waals surface area contributed by atoms with Crippen LogP contribution in [0.2, 0.25) is 5.02 Å². The maximum atomic E-state index is 11.9. The molecule has 1 amide bonds. The first-order valence-electron chi connectivity index (χ1n) is 6.88. The number of methoxy groups -OCH3 is 1. The van der Waals surface area contributed by atoms with Gasteiger partial charge >= 0.3 is 0 Å². The standard InChI is InChI=1S/C17H15ClN2O4/c1-4-6-24-16-14(18)8-12(9-15(16)22-3)10-19-20-17(21)13-5-7-23-11(13)2/h1,5,7-10H,6H2,2-3H3,(H,20,21)/b19-10-. The van der Waals surface area contributed by atoms with Crippen LogP contribution in [0.25, 0.3) is 0 Å². The highest BCUT2D eigenvalue weighted by Crippen LogP contribution is 2.35. The Kier molecular flexibility index (Phi) is 5.88. The van der Waals surface area contributed by atoms with Gasteiger partial charge in [-0.2, -0.15) is 5.10 Å². The number of rotatable bonds is 6. The van der Waals surface area contributed by atoms with Crippen molar-refractivity contribution in [3.05, 3.63) is 46.4 Å². The van der Waals surface area contributed by atoms with Gasteiger partial charge in [-0.15, -0.1) is 6.42 Å². The van der Waals surface area contributed by atoms with Crippen LogP contribution in [0.1, 0.15) is 21.7 Å². The molecule has 2 rings (SSSR count). The van der Waals surface area contributed by atoms with Gasteiger partial charge < -0.3 is 13.9 Å². The van der Waals surface area contributed by atoms with Gasteiger partial charge in [0.2, 0.25) is 0 Å². The molecule has 0 unspecified atom stereocenters. The van der Waals surface area contributed by atoms with Gasteiger partial charge in [0, 0.05) is 0 Å². The highest BCUT2D eigenvalue weighted by molar-refractivity contribution is 6.32. The van der Waals surface area contributed by atoms with E-state index in [9.17, 15) is 4.79 Å². The summed E-state index contributed by atoms with van der Waals surface area (Å²) < 4.78 is 15.6. The summed E-state index contributed by atoms with van der Waals surface area (Å²) in [5, 5.41) is 4.22. The summed E-state index contributed by atoms with van der Waals surface area (Å²) in [4.78, 5) is 11.9. The minimum Gasteiger partial charge on any atom is -0.493 e. The molecular weight excluding hydrogens is 332 g/mol. The van der Waals surface area contributed by atoms with E-state index >= 15 is 0 Å². The van der Waals surface area contributed by atoms with Crippen LogP contribution in [-0.2, 0) is 0 Å². The normalized spacial score (nSPS) is 10.4. The van der Waals surface area contributed by atoms with Gasteiger partial charge in [0.15, 0.2) is 11.5 Å². The fraction of sp³-hybridized carbons (Fsp3) is 0.176. The molecular formula is C17H15ClN2O4. The lowest BCUT2D eigenvalue weighted by molar-refractivity contribution is 0.0953. The van der Waals surface area contributed by atoms with Crippen molar-refractivity contribution in [2.45, 2.75) is 6.92 Å². The zero-order valence-corrected chi connectivity index (χ0v) is 13.9. The van der Waals surface area contributed by atoms with E-state index in [0.717, 1.165) is 0 Å². The van der Waals surface area contributed by atoms with Crippen LogP contribution in [0.4, 0.5) is 0 Å². The lowest BCUT2D eigenvalue weighted by atomic mass is 10.2. The molecule has 0 aliphatic carbocycles. The molecule has 6 nitrogen and oxygen atoms in total. The van der Waals surface area contributed by atoms with Crippen LogP contribution in [0.3, 0.4) is 0 Å². The average molecular weight is 347 g/mol. The van der Waals surface area contributed by atoms with Crippen LogP contribution in [0.5, 0.6) is 11.5 Å². The summed E-state index contributed by atoms with van der Waals surface area (Å²) >= 11 is 6.16. The molecule has 1 aromatic carbocycles. The Morgan fingerprint density at radius 3 is 2.96 bits per heavy atom. The van der Waals surface area contributed by atoms with Gasteiger partial charge in [-0.1, -0.05) is 17.5 Å². The number of hydrogen-bond donors (Lipinski definition) is 1. The third-order valence-corrected chi connectivity index (χ3v) is 3.32. The second-order valence-corrected chi connectivity index (χ2v) is 5.02. The molecule has 0 saturated heterocycles. The number of carbonyl (C=O) groups is 1. The van der Waals surface area contributed by atoms with Crippen LogP contribution in [0, 0.1) is 19.3 Å². The number of nitrogens with one attached hydrogen (secondary N) is 1. The number of nitrogens with zero attached hydrogens (tertiary/aromatic N) is 1. The molecule has 7 heteroatoms. The first-order valence-corrected chi connectivity index (χ1v) is 7.26. The van der Waals surface area contributed by atoms with E-state index in [1.54, 1.807) is 25.1 Å². The molecule has 0 saturated carbocycles. The Morgan fingerprint density at radius 1 is 1.54 bits per heavy atom. The van der Waals surface area contributed by atoms with Crippen molar-refractivity contribution in [1.82, 2.24) is 5.43 Å². The number of terminal acetylenes is 1. The monoisotopic (exact) mass is 346 g/mol. The molecule has 24 heavy (non-hydrogen) atoms. The molecule has 0 bridgehead atoms. The van der Waals surface area contributed by atoms with Crippen LogP contribution >= 0.6 is 11.6 Å². The quantitative estimate of drug-likeness (QED) is 0.495. The zero-order valence-electron chi connectivity index (χ0n) is 13.1. The number of hydrogen-bond acceptors (Lipinski definition) is 5. The summed E-state index contributed by atoms with van der Waals surface area (Å²) in [7, 11) is 1.48. The van der Waals surface area contributed by atoms with Gasteiger partial charge in [-0.25, -0.2) is 5.43 Å². The Balaban J connectivity index is 2.12. The number of furan rings is 1. The molecule has 0 aliphatic heterocycles. The number of amides is 1. The van der Waals surface area contributed by atoms with Crippen molar-refractivity contribution in [2.75, 3.05) is 13.7 Å². The molecule has 0 fully saturated rings. The number of hydrazone groups is 1. The smallest absolute Gasteiger partial charge is 0.274 e. The lowest BCUT2D eigenvalue weighted by Crippen LogP contribution is -2.17. The molecule has 1 N–H and O–H groups in total. The van der Waals surface area contributed by atoms with Crippen molar-refractivity contribution < 1.29 is 18.7 Å². The van der Waals surface area contributed by atoms with E-state index in [-0.39, 0.29) is 12.5 Å². The molecule has 2 aromatic rings. The van der Waals surface area contributed by atoms with Gasteiger partial charge in [0.25, 0.3) is 5.91 Å². The van der Waals surface area contributed by atoms with Gasteiger partial charge in [-0.3, -0.25) is 4.79 Å². The molecule has 0 aliphatic rings. The lowest BCUT2D eigenvalue weighted by Gasteiger charge is -2.11. The number of carbonyl (C=O) groups excluding carboxylic acids is 1. The van der Waals surface area contributed by atoms with E-state index in [1.807, 2.05) is 0 Å². The van der Waals surface area contributed by atoms with E-state index in [2.05, 4.69) is 16.4 Å². The zero-order chi connectivity index (χ0) is 17.5. The molecule has 0 atom stereocenters. The van der Waals surface area contributed by atoms with Crippen LogP contribution in [0.15, 0.2) is 34.0 Å². The number of ether oxygens (including phenoxy) is 2. The number of benzene rings is 1. The predicted octanol–water partition coefficient (Wildman–Crippen LogP) is 3.03. The number of aryl methyl sites for hydroxylation is 1.